The standard InChI is InChI=1S/C12H12N2O5/c15-10(12(18)19)6-5-8(11(16)17)14-9(6)7-3-1-2-4-13-7/h1-4,6,8,10,15H,5H2,(H,16,17)(H,18,19)/t6-,8+,10-/m0/s1. The Hall–Kier alpha value is -2.28. The average Bonchev–Trinajstić information content (AvgIpc) is 2.83. The molecule has 0 aliphatic carbocycles. The topological polar surface area (TPSA) is 120 Å². The number of hydrogen-bond donors (Lipinski definition) is 3. The number of pyridine rings is 1. The van der Waals surface area contributed by atoms with Gasteiger partial charge < -0.3 is 15.3 Å². The van der Waals surface area contributed by atoms with E-state index < -0.39 is 30.0 Å². The summed E-state index contributed by atoms with van der Waals surface area (Å²) in [6.45, 7) is 0. The quantitative estimate of drug-likeness (QED) is 0.692. The lowest BCUT2D eigenvalue weighted by Crippen LogP contribution is -2.34. The molecular formula is C12H12N2O5. The number of rotatable bonds is 4. The third-order valence-electron chi connectivity index (χ3n) is 2.97. The molecule has 0 bridgehead atoms. The summed E-state index contributed by atoms with van der Waals surface area (Å²) >= 11 is 0. The van der Waals surface area contributed by atoms with Gasteiger partial charge in [0.2, 0.25) is 0 Å². The molecule has 3 atom stereocenters. The SMILES string of the molecule is O=C(O)[C@@H](O)[C@H]1C[C@H](C(=O)O)N=C1c1ccccn1. The third-order valence-corrected chi connectivity index (χ3v) is 2.97. The summed E-state index contributed by atoms with van der Waals surface area (Å²) in [6, 6.07) is 3.92. The molecule has 2 rings (SSSR count). The molecule has 1 aliphatic rings. The molecule has 0 saturated carbocycles. The number of aliphatic hydroxyl groups excluding tert-OH is 1. The van der Waals surface area contributed by atoms with E-state index in [0.29, 0.717) is 5.69 Å². The molecule has 0 saturated heterocycles. The van der Waals surface area contributed by atoms with Crippen LogP contribution in [0.5, 0.6) is 0 Å². The fourth-order valence-electron chi connectivity index (χ4n) is 2.05. The van der Waals surface area contributed by atoms with Crippen LogP contribution < -0.4 is 0 Å². The largest absolute Gasteiger partial charge is 0.480 e. The van der Waals surface area contributed by atoms with Gasteiger partial charge >= 0.3 is 11.9 Å². The number of aromatic nitrogens is 1. The van der Waals surface area contributed by atoms with Crippen molar-refractivity contribution < 1.29 is 24.9 Å². The highest BCUT2D eigenvalue weighted by Crippen LogP contribution is 2.27. The number of carboxylic acids is 2. The Kier molecular flexibility index (Phi) is 3.57. The first kappa shape index (κ1) is 13.2. The fraction of sp³-hybridized carbons (Fsp3) is 0.333. The zero-order valence-corrected chi connectivity index (χ0v) is 9.80. The smallest absolute Gasteiger partial charge is 0.333 e. The van der Waals surface area contributed by atoms with Gasteiger partial charge in [0.1, 0.15) is 6.04 Å². The third kappa shape index (κ3) is 2.60. The second-order valence-electron chi connectivity index (χ2n) is 4.21. The number of nitrogens with zero attached hydrogens (tertiary/aromatic N) is 2. The Balaban J connectivity index is 2.37. The Bertz CT molecular complexity index is 528. The summed E-state index contributed by atoms with van der Waals surface area (Å²) < 4.78 is 0. The molecule has 0 unspecified atom stereocenters. The first-order valence-corrected chi connectivity index (χ1v) is 5.63. The fourth-order valence-corrected chi connectivity index (χ4v) is 2.05. The van der Waals surface area contributed by atoms with Crippen molar-refractivity contribution in [1.29, 1.82) is 0 Å². The molecule has 7 nitrogen and oxygen atoms in total. The maximum atomic E-state index is 11.0. The Morgan fingerprint density at radius 2 is 2.05 bits per heavy atom. The van der Waals surface area contributed by atoms with Gasteiger partial charge in [0, 0.05) is 12.1 Å². The molecule has 100 valence electrons. The molecule has 0 spiro atoms. The summed E-state index contributed by atoms with van der Waals surface area (Å²) in [6.07, 6.45) is -0.240. The van der Waals surface area contributed by atoms with Crippen molar-refractivity contribution in [2.45, 2.75) is 18.6 Å². The molecule has 3 N–H and O–H groups in total. The number of carbonyl (C=O) groups is 2. The first-order chi connectivity index (χ1) is 9.00. The van der Waals surface area contributed by atoms with E-state index in [9.17, 15) is 14.7 Å². The Labute approximate surface area is 108 Å². The maximum absolute atomic E-state index is 11.0. The van der Waals surface area contributed by atoms with Crippen LogP contribution in [0, 0.1) is 5.92 Å². The second kappa shape index (κ2) is 5.15. The molecule has 1 aromatic heterocycles. The zero-order valence-electron chi connectivity index (χ0n) is 9.80. The number of carboxylic acid groups (broad SMARTS) is 2. The van der Waals surface area contributed by atoms with Crippen molar-refractivity contribution in [3.05, 3.63) is 30.1 Å². The predicted molar refractivity (Wildman–Crippen MR) is 63.9 cm³/mol. The number of aliphatic hydroxyl groups is 1. The van der Waals surface area contributed by atoms with Crippen molar-refractivity contribution in [2.24, 2.45) is 10.9 Å². The molecule has 0 radical (unpaired) electrons. The second-order valence-corrected chi connectivity index (χ2v) is 4.21. The Morgan fingerprint density at radius 1 is 1.32 bits per heavy atom. The van der Waals surface area contributed by atoms with E-state index in [2.05, 4.69) is 9.98 Å². The summed E-state index contributed by atoms with van der Waals surface area (Å²) in [5.41, 5.74) is 0.611. The summed E-state index contributed by atoms with van der Waals surface area (Å²) in [4.78, 5) is 29.8. The normalized spacial score (nSPS) is 23.7. The van der Waals surface area contributed by atoms with Crippen LogP contribution in [0.2, 0.25) is 0 Å². The Morgan fingerprint density at radius 3 is 2.58 bits per heavy atom. The summed E-state index contributed by atoms with van der Waals surface area (Å²) in [5, 5.41) is 27.5. The lowest BCUT2D eigenvalue weighted by Gasteiger charge is -2.15. The van der Waals surface area contributed by atoms with Crippen molar-refractivity contribution >= 4 is 17.7 Å². The molecule has 1 aromatic rings. The molecule has 1 aliphatic heterocycles. The van der Waals surface area contributed by atoms with Crippen LogP contribution >= 0.6 is 0 Å². The van der Waals surface area contributed by atoms with Gasteiger partial charge in [0.05, 0.1) is 11.4 Å². The van der Waals surface area contributed by atoms with Gasteiger partial charge in [0.15, 0.2) is 6.10 Å². The number of aliphatic carboxylic acids is 2. The van der Waals surface area contributed by atoms with E-state index in [-0.39, 0.29) is 12.1 Å². The van der Waals surface area contributed by atoms with E-state index >= 15 is 0 Å². The number of hydrogen-bond acceptors (Lipinski definition) is 5. The van der Waals surface area contributed by atoms with Gasteiger partial charge in [-0.1, -0.05) is 6.07 Å². The highest BCUT2D eigenvalue weighted by Gasteiger charge is 2.40. The van der Waals surface area contributed by atoms with E-state index in [1.54, 1.807) is 18.2 Å². The monoisotopic (exact) mass is 264 g/mol. The van der Waals surface area contributed by atoms with Crippen LogP contribution in [0.4, 0.5) is 0 Å². The highest BCUT2D eigenvalue weighted by atomic mass is 16.4. The molecule has 0 aromatic carbocycles. The summed E-state index contributed by atoms with van der Waals surface area (Å²) in [7, 11) is 0. The maximum Gasteiger partial charge on any atom is 0.333 e. The lowest BCUT2D eigenvalue weighted by atomic mass is 9.91. The molecule has 7 heteroatoms. The van der Waals surface area contributed by atoms with Gasteiger partial charge in [-0.25, -0.2) is 9.59 Å². The van der Waals surface area contributed by atoms with Gasteiger partial charge in [-0.2, -0.15) is 0 Å². The van der Waals surface area contributed by atoms with Crippen LogP contribution in [0.3, 0.4) is 0 Å². The van der Waals surface area contributed by atoms with E-state index in [4.69, 9.17) is 10.2 Å². The van der Waals surface area contributed by atoms with E-state index in [1.807, 2.05) is 0 Å². The predicted octanol–water partition coefficient (Wildman–Crippen LogP) is -0.211. The molecular weight excluding hydrogens is 252 g/mol. The van der Waals surface area contributed by atoms with Crippen molar-refractivity contribution in [1.82, 2.24) is 4.98 Å². The molecule has 2 heterocycles. The zero-order chi connectivity index (χ0) is 14.0. The molecule has 19 heavy (non-hydrogen) atoms. The minimum atomic E-state index is -1.69. The van der Waals surface area contributed by atoms with E-state index in [1.165, 1.54) is 6.20 Å². The summed E-state index contributed by atoms with van der Waals surface area (Å²) in [5.74, 6) is -3.42. The van der Waals surface area contributed by atoms with Gasteiger partial charge in [-0.05, 0) is 18.6 Å². The molecule has 0 amide bonds. The van der Waals surface area contributed by atoms with Gasteiger partial charge in [-0.3, -0.25) is 9.98 Å². The van der Waals surface area contributed by atoms with Crippen LogP contribution in [-0.2, 0) is 9.59 Å². The van der Waals surface area contributed by atoms with Crippen molar-refractivity contribution in [2.75, 3.05) is 0 Å². The molecule has 0 fully saturated rings. The van der Waals surface area contributed by atoms with Crippen molar-refractivity contribution in [3.8, 4) is 0 Å². The average molecular weight is 264 g/mol. The lowest BCUT2D eigenvalue weighted by molar-refractivity contribution is -0.149. The highest BCUT2D eigenvalue weighted by molar-refractivity contribution is 6.05. The van der Waals surface area contributed by atoms with Crippen LogP contribution in [0.1, 0.15) is 12.1 Å². The number of aliphatic imine (C=N–C) groups is 1. The van der Waals surface area contributed by atoms with Crippen LogP contribution in [-0.4, -0.2) is 50.1 Å². The van der Waals surface area contributed by atoms with Gasteiger partial charge in [-0.15, -0.1) is 0 Å². The van der Waals surface area contributed by atoms with Crippen molar-refractivity contribution in [3.63, 3.8) is 0 Å². The minimum Gasteiger partial charge on any atom is -0.480 e. The van der Waals surface area contributed by atoms with Crippen LogP contribution in [0.15, 0.2) is 29.4 Å². The van der Waals surface area contributed by atoms with Crippen LogP contribution in [0.25, 0.3) is 0 Å². The first-order valence-electron chi connectivity index (χ1n) is 5.63. The van der Waals surface area contributed by atoms with Gasteiger partial charge in [0.25, 0.3) is 0 Å². The van der Waals surface area contributed by atoms with E-state index in [0.717, 1.165) is 0 Å². The minimum absolute atomic E-state index is 0.0469.